The highest BCUT2D eigenvalue weighted by molar-refractivity contribution is 7.17. The molecule has 0 atom stereocenters. The van der Waals surface area contributed by atoms with E-state index < -0.39 is 11.5 Å². The molecule has 3 heterocycles. The first-order valence-corrected chi connectivity index (χ1v) is 9.52. The highest BCUT2D eigenvalue weighted by atomic mass is 32.1. The molecule has 1 aromatic carbocycles. The van der Waals surface area contributed by atoms with Crippen molar-refractivity contribution in [2.45, 2.75) is 6.92 Å². The van der Waals surface area contributed by atoms with Gasteiger partial charge in [-0.15, -0.1) is 21.6 Å². The molecule has 134 valence electrons. The van der Waals surface area contributed by atoms with Crippen LogP contribution in [0.5, 0.6) is 0 Å². The van der Waals surface area contributed by atoms with Crippen LogP contribution in [-0.2, 0) is 0 Å². The molecule has 27 heavy (non-hydrogen) atoms. The van der Waals surface area contributed by atoms with Gasteiger partial charge in [-0.25, -0.2) is 9.97 Å². The summed E-state index contributed by atoms with van der Waals surface area (Å²) in [5.41, 5.74) is 1.16. The Morgan fingerprint density at radius 1 is 1.22 bits per heavy atom. The molecule has 0 fully saturated rings. The van der Waals surface area contributed by atoms with E-state index in [9.17, 15) is 9.59 Å². The number of carbonyl (C=O) groups is 1. The summed E-state index contributed by atoms with van der Waals surface area (Å²) >= 11 is 2.53. The van der Waals surface area contributed by atoms with E-state index in [0.717, 1.165) is 21.8 Å². The first-order valence-electron chi connectivity index (χ1n) is 7.82. The third-order valence-corrected chi connectivity index (χ3v) is 5.43. The summed E-state index contributed by atoms with van der Waals surface area (Å²) in [7, 11) is 0. The lowest BCUT2D eigenvalue weighted by atomic mass is 10.2. The number of carbonyl (C=O) groups excluding carboxylic acids is 1. The maximum absolute atomic E-state index is 12.7. The van der Waals surface area contributed by atoms with Crippen molar-refractivity contribution >= 4 is 34.3 Å². The van der Waals surface area contributed by atoms with Crippen LogP contribution in [0.15, 0.2) is 63.1 Å². The first kappa shape index (κ1) is 17.2. The Hall–Kier alpha value is -3.24. The normalized spacial score (nSPS) is 11.3. The third-order valence-electron chi connectivity index (χ3n) is 3.64. The lowest BCUT2D eigenvalue weighted by Gasteiger charge is -1.95. The maximum Gasteiger partial charge on any atom is 0.324 e. The molecule has 0 aliphatic carbocycles. The molecule has 0 saturated heterocycles. The lowest BCUT2D eigenvalue weighted by molar-refractivity contribution is 0.0994. The SMILES string of the molecule is Cc1[nH]n(-c2ncc(-c3ccccc3)s2)c(=O)c1N=NC(=O)c1nccs1. The quantitative estimate of drug-likeness (QED) is 0.527. The number of aromatic amines is 1. The second-order valence-electron chi connectivity index (χ2n) is 5.44. The van der Waals surface area contributed by atoms with E-state index in [1.165, 1.54) is 22.2 Å². The van der Waals surface area contributed by atoms with Crippen molar-refractivity contribution in [1.29, 1.82) is 0 Å². The Balaban J connectivity index is 1.65. The molecule has 8 nitrogen and oxygen atoms in total. The van der Waals surface area contributed by atoms with Gasteiger partial charge >= 0.3 is 11.5 Å². The van der Waals surface area contributed by atoms with Gasteiger partial charge in [-0.3, -0.25) is 14.7 Å². The van der Waals surface area contributed by atoms with Crippen molar-refractivity contribution in [2.24, 2.45) is 10.2 Å². The minimum atomic E-state index is -0.586. The average molecular weight is 396 g/mol. The van der Waals surface area contributed by atoms with Crippen molar-refractivity contribution in [1.82, 2.24) is 19.7 Å². The number of H-pyrrole nitrogens is 1. The highest BCUT2D eigenvalue weighted by Gasteiger charge is 2.16. The van der Waals surface area contributed by atoms with Crippen LogP contribution in [0, 0.1) is 6.92 Å². The fourth-order valence-electron chi connectivity index (χ4n) is 2.36. The molecule has 1 amide bonds. The number of aromatic nitrogens is 4. The second kappa shape index (κ2) is 7.17. The van der Waals surface area contributed by atoms with Crippen LogP contribution in [-0.4, -0.2) is 25.7 Å². The van der Waals surface area contributed by atoms with Gasteiger partial charge in [0.05, 0.1) is 10.6 Å². The largest absolute Gasteiger partial charge is 0.324 e. The van der Waals surface area contributed by atoms with Crippen molar-refractivity contribution in [3.63, 3.8) is 0 Å². The van der Waals surface area contributed by atoms with E-state index in [2.05, 4.69) is 25.3 Å². The fraction of sp³-hybridized carbons (Fsp3) is 0.0588. The summed E-state index contributed by atoms with van der Waals surface area (Å²) in [5.74, 6) is -0.586. The number of nitrogens with zero attached hydrogens (tertiary/aromatic N) is 5. The third kappa shape index (κ3) is 3.39. The van der Waals surface area contributed by atoms with Crippen LogP contribution >= 0.6 is 22.7 Å². The van der Waals surface area contributed by atoms with E-state index in [0.29, 0.717) is 10.8 Å². The number of nitrogens with one attached hydrogen (secondary N) is 1. The van der Waals surface area contributed by atoms with E-state index in [1.807, 2.05) is 30.3 Å². The Bertz CT molecular complexity index is 1170. The Kier molecular flexibility index (Phi) is 4.57. The van der Waals surface area contributed by atoms with Gasteiger partial charge in [0.25, 0.3) is 0 Å². The van der Waals surface area contributed by atoms with E-state index in [4.69, 9.17) is 0 Å². The van der Waals surface area contributed by atoms with Crippen molar-refractivity contribution in [3.05, 3.63) is 69.2 Å². The van der Waals surface area contributed by atoms with Crippen molar-refractivity contribution < 1.29 is 4.79 Å². The molecule has 4 aromatic rings. The number of hydrogen-bond donors (Lipinski definition) is 1. The number of azo groups is 1. The molecule has 0 unspecified atom stereocenters. The van der Waals surface area contributed by atoms with Crippen LogP contribution in [0.25, 0.3) is 15.6 Å². The van der Waals surface area contributed by atoms with Gasteiger partial charge in [0.15, 0.2) is 10.7 Å². The molecular formula is C17H12N6O2S2. The van der Waals surface area contributed by atoms with Gasteiger partial charge < -0.3 is 0 Å². The monoisotopic (exact) mass is 396 g/mol. The van der Waals surface area contributed by atoms with Crippen LogP contribution < -0.4 is 5.56 Å². The van der Waals surface area contributed by atoms with E-state index in [1.54, 1.807) is 18.5 Å². The fourth-order valence-corrected chi connectivity index (χ4v) is 3.76. The van der Waals surface area contributed by atoms with Gasteiger partial charge in [0.2, 0.25) is 5.13 Å². The van der Waals surface area contributed by atoms with E-state index >= 15 is 0 Å². The molecule has 0 bridgehead atoms. The minimum Gasteiger partial charge on any atom is -0.291 e. The molecule has 4 rings (SSSR count). The molecule has 1 N–H and O–H groups in total. The zero-order chi connectivity index (χ0) is 18.8. The molecule has 3 aromatic heterocycles. The van der Waals surface area contributed by atoms with Gasteiger partial charge in [0, 0.05) is 17.8 Å². The summed E-state index contributed by atoms with van der Waals surface area (Å²) in [6.07, 6.45) is 3.22. The zero-order valence-electron chi connectivity index (χ0n) is 14.0. The van der Waals surface area contributed by atoms with E-state index in [-0.39, 0.29) is 10.7 Å². The van der Waals surface area contributed by atoms with Crippen LogP contribution in [0.2, 0.25) is 0 Å². The van der Waals surface area contributed by atoms with Crippen molar-refractivity contribution in [3.8, 4) is 15.6 Å². The highest BCUT2D eigenvalue weighted by Crippen LogP contribution is 2.27. The predicted molar refractivity (Wildman–Crippen MR) is 103 cm³/mol. The molecule has 0 saturated carbocycles. The summed E-state index contributed by atoms with van der Waals surface area (Å²) in [4.78, 5) is 33.7. The molecular weight excluding hydrogens is 384 g/mol. The Morgan fingerprint density at radius 3 is 2.78 bits per heavy atom. The number of aryl methyl sites for hydroxylation is 1. The van der Waals surface area contributed by atoms with Crippen molar-refractivity contribution in [2.75, 3.05) is 0 Å². The van der Waals surface area contributed by atoms with Gasteiger partial charge in [-0.1, -0.05) is 41.7 Å². The first-order chi connectivity index (χ1) is 13.1. The molecule has 0 aliphatic rings. The van der Waals surface area contributed by atoms with Crippen LogP contribution in [0.4, 0.5) is 5.69 Å². The lowest BCUT2D eigenvalue weighted by Crippen LogP contribution is -2.13. The Labute approximate surface area is 160 Å². The Morgan fingerprint density at radius 2 is 2.04 bits per heavy atom. The summed E-state index contributed by atoms with van der Waals surface area (Å²) in [5, 5.41) is 12.7. The summed E-state index contributed by atoms with van der Waals surface area (Å²) < 4.78 is 1.30. The minimum absolute atomic E-state index is 0.0661. The number of rotatable bonds is 4. The van der Waals surface area contributed by atoms with Crippen LogP contribution in [0.3, 0.4) is 0 Å². The topological polar surface area (TPSA) is 105 Å². The van der Waals surface area contributed by atoms with Gasteiger partial charge in [-0.2, -0.15) is 4.68 Å². The average Bonchev–Trinajstić information content (AvgIpc) is 3.42. The van der Waals surface area contributed by atoms with Gasteiger partial charge in [-0.05, 0) is 12.5 Å². The standard InChI is InChI=1S/C17H12N6O2S2/c1-10-13(20-21-14(24)15-18-7-8-26-15)16(25)23(22-10)17-19-9-12(27-17)11-5-3-2-4-6-11/h2-9,22H,1H3. The van der Waals surface area contributed by atoms with Crippen LogP contribution in [0.1, 0.15) is 15.5 Å². The number of thiazole rings is 2. The molecule has 0 spiro atoms. The molecule has 0 radical (unpaired) electrons. The summed E-state index contributed by atoms with van der Waals surface area (Å²) in [6.45, 7) is 1.69. The molecule has 0 aliphatic heterocycles. The van der Waals surface area contributed by atoms with Gasteiger partial charge in [0.1, 0.15) is 0 Å². The smallest absolute Gasteiger partial charge is 0.291 e. The number of hydrogen-bond acceptors (Lipinski definition) is 7. The number of amides is 1. The predicted octanol–water partition coefficient (Wildman–Crippen LogP) is 3.98. The second-order valence-corrected chi connectivity index (χ2v) is 7.35. The summed E-state index contributed by atoms with van der Waals surface area (Å²) in [6, 6.07) is 9.78. The maximum atomic E-state index is 12.7. The molecule has 10 heteroatoms. The zero-order valence-corrected chi connectivity index (χ0v) is 15.6. The number of benzene rings is 1.